The standard InChI is InChI=1S/C30H44ClN3O4/c1-4-5-17-33(25-13-7-6-8-14-25)19-16-21(2)22(3)32-29(37)27(35)28(36)30(38)34-18-10-15-26(34)23-11-9-12-24(31)20-23/h9,11-12,16,19-20,22,25-28,35-36H,2,4-8,10,13-15,17-18H2,1,3H3,(H,32,37)/b19-16-/t22-,26?,27-,28-/m1/s1. The van der Waals surface area contributed by atoms with Crippen LogP contribution in [0.25, 0.3) is 0 Å². The second-order valence-corrected chi connectivity index (χ2v) is 11.1. The number of nitrogens with zero attached hydrogens (tertiary/aromatic N) is 2. The van der Waals surface area contributed by atoms with Crippen molar-refractivity contribution in [2.75, 3.05) is 13.1 Å². The van der Waals surface area contributed by atoms with Crippen molar-refractivity contribution in [1.29, 1.82) is 0 Å². The van der Waals surface area contributed by atoms with Crippen LogP contribution in [0.3, 0.4) is 0 Å². The lowest BCUT2D eigenvalue weighted by molar-refractivity contribution is -0.154. The van der Waals surface area contributed by atoms with Crippen molar-refractivity contribution in [3.63, 3.8) is 0 Å². The molecule has 1 unspecified atom stereocenters. The van der Waals surface area contributed by atoms with E-state index in [9.17, 15) is 19.8 Å². The molecule has 2 aliphatic rings. The van der Waals surface area contributed by atoms with E-state index >= 15 is 0 Å². The number of benzene rings is 1. The van der Waals surface area contributed by atoms with Gasteiger partial charge in [0.15, 0.2) is 12.2 Å². The SMILES string of the molecule is C=C(/C=C\N(CCCC)C1CCCCC1)[C@@H](C)NC(=O)[C@H](O)[C@@H](O)C(=O)N1CCCC1c1cccc(Cl)c1. The van der Waals surface area contributed by atoms with Gasteiger partial charge in [0.05, 0.1) is 12.1 Å². The third-order valence-electron chi connectivity index (χ3n) is 7.80. The highest BCUT2D eigenvalue weighted by Crippen LogP contribution is 2.33. The Kier molecular flexibility index (Phi) is 11.7. The molecule has 210 valence electrons. The fourth-order valence-electron chi connectivity index (χ4n) is 5.40. The van der Waals surface area contributed by atoms with Crippen LogP contribution < -0.4 is 5.32 Å². The van der Waals surface area contributed by atoms with Crippen LogP contribution in [0.15, 0.2) is 48.7 Å². The first kappa shape index (κ1) is 30.2. The largest absolute Gasteiger partial charge is 0.380 e. The molecular formula is C30H44ClN3O4. The third-order valence-corrected chi connectivity index (χ3v) is 8.03. The van der Waals surface area contributed by atoms with Crippen molar-refractivity contribution in [3.05, 3.63) is 59.3 Å². The second-order valence-electron chi connectivity index (χ2n) is 10.6. The van der Waals surface area contributed by atoms with Gasteiger partial charge in [-0.3, -0.25) is 9.59 Å². The predicted molar refractivity (Wildman–Crippen MR) is 152 cm³/mol. The maximum Gasteiger partial charge on any atom is 0.255 e. The summed E-state index contributed by atoms with van der Waals surface area (Å²) in [5.74, 6) is -1.47. The van der Waals surface area contributed by atoms with Crippen molar-refractivity contribution in [3.8, 4) is 0 Å². The Morgan fingerprint density at radius 1 is 1.18 bits per heavy atom. The molecule has 38 heavy (non-hydrogen) atoms. The van der Waals surface area contributed by atoms with E-state index in [0.29, 0.717) is 23.2 Å². The highest BCUT2D eigenvalue weighted by Gasteiger charge is 2.38. The van der Waals surface area contributed by atoms with Crippen molar-refractivity contribution in [2.45, 2.75) is 102 Å². The number of hydrogen-bond donors (Lipinski definition) is 3. The molecular weight excluding hydrogens is 502 g/mol. The van der Waals surface area contributed by atoms with Gasteiger partial charge >= 0.3 is 0 Å². The molecule has 8 heteroatoms. The minimum absolute atomic E-state index is 0.255. The minimum atomic E-state index is -1.88. The summed E-state index contributed by atoms with van der Waals surface area (Å²) in [7, 11) is 0. The molecule has 0 bridgehead atoms. The zero-order chi connectivity index (χ0) is 27.7. The molecule has 1 aromatic rings. The summed E-state index contributed by atoms with van der Waals surface area (Å²) in [6.45, 7) is 9.49. The first-order valence-corrected chi connectivity index (χ1v) is 14.5. The van der Waals surface area contributed by atoms with Gasteiger partial charge in [0.1, 0.15) is 0 Å². The summed E-state index contributed by atoms with van der Waals surface area (Å²) in [5.41, 5.74) is 1.55. The zero-order valence-electron chi connectivity index (χ0n) is 22.8. The van der Waals surface area contributed by atoms with Gasteiger partial charge in [-0.2, -0.15) is 0 Å². The average molecular weight is 546 g/mol. The fourth-order valence-corrected chi connectivity index (χ4v) is 5.60. The number of likely N-dealkylation sites (tertiary alicyclic amines) is 1. The number of aliphatic hydroxyl groups is 2. The average Bonchev–Trinajstić information content (AvgIpc) is 3.42. The Morgan fingerprint density at radius 3 is 2.61 bits per heavy atom. The molecule has 0 spiro atoms. The predicted octanol–water partition coefficient (Wildman–Crippen LogP) is 4.73. The number of hydrogen-bond acceptors (Lipinski definition) is 5. The van der Waals surface area contributed by atoms with E-state index in [1.54, 1.807) is 19.1 Å². The number of carbonyl (C=O) groups is 2. The monoisotopic (exact) mass is 545 g/mol. The van der Waals surface area contributed by atoms with Crippen molar-refractivity contribution >= 4 is 23.4 Å². The van der Waals surface area contributed by atoms with Gasteiger partial charge < -0.3 is 25.3 Å². The Labute approximate surface area is 232 Å². The van der Waals surface area contributed by atoms with Gasteiger partial charge in [-0.25, -0.2) is 0 Å². The lowest BCUT2D eigenvalue weighted by Crippen LogP contribution is -2.52. The Morgan fingerprint density at radius 2 is 1.92 bits per heavy atom. The normalized spacial score (nSPS) is 20.8. The maximum atomic E-state index is 13.1. The summed E-state index contributed by atoms with van der Waals surface area (Å²) in [5, 5.41) is 24.4. The number of amides is 2. The first-order valence-electron chi connectivity index (χ1n) is 14.1. The van der Waals surface area contributed by atoms with Crippen LogP contribution >= 0.6 is 11.6 Å². The highest BCUT2D eigenvalue weighted by atomic mass is 35.5. The van der Waals surface area contributed by atoms with Crippen LogP contribution in [-0.2, 0) is 9.59 Å². The topological polar surface area (TPSA) is 93.1 Å². The molecule has 0 radical (unpaired) electrons. The first-order chi connectivity index (χ1) is 18.2. The van der Waals surface area contributed by atoms with Crippen molar-refractivity contribution in [1.82, 2.24) is 15.1 Å². The molecule has 2 fully saturated rings. The molecule has 1 saturated heterocycles. The smallest absolute Gasteiger partial charge is 0.255 e. The molecule has 1 aromatic carbocycles. The Bertz CT molecular complexity index is 978. The Hall–Kier alpha value is -2.35. The van der Waals surface area contributed by atoms with Crippen LogP contribution in [0.4, 0.5) is 0 Å². The van der Waals surface area contributed by atoms with Gasteiger partial charge in [-0.05, 0) is 74.6 Å². The quantitative estimate of drug-likeness (QED) is 0.330. The van der Waals surface area contributed by atoms with Crippen LogP contribution in [0, 0.1) is 0 Å². The van der Waals surface area contributed by atoms with Gasteiger partial charge in [0.2, 0.25) is 0 Å². The van der Waals surface area contributed by atoms with Crippen molar-refractivity contribution in [2.24, 2.45) is 0 Å². The van der Waals surface area contributed by atoms with Crippen LogP contribution in [0.2, 0.25) is 5.02 Å². The molecule has 1 heterocycles. The van der Waals surface area contributed by atoms with E-state index in [2.05, 4.69) is 29.9 Å². The molecule has 4 atom stereocenters. The summed E-state index contributed by atoms with van der Waals surface area (Å²) < 4.78 is 0. The van der Waals surface area contributed by atoms with Crippen molar-refractivity contribution < 1.29 is 19.8 Å². The van der Waals surface area contributed by atoms with E-state index in [-0.39, 0.29) is 6.04 Å². The molecule has 7 nitrogen and oxygen atoms in total. The lowest BCUT2D eigenvalue weighted by atomic mass is 9.94. The van der Waals surface area contributed by atoms with Gasteiger partial charge in [-0.15, -0.1) is 0 Å². The van der Waals surface area contributed by atoms with E-state index in [4.69, 9.17) is 11.6 Å². The second kappa shape index (κ2) is 14.7. The summed E-state index contributed by atoms with van der Waals surface area (Å²) in [6, 6.07) is 7.07. The van der Waals surface area contributed by atoms with Gasteiger partial charge in [0.25, 0.3) is 11.8 Å². The molecule has 1 aliphatic carbocycles. The maximum absolute atomic E-state index is 13.1. The minimum Gasteiger partial charge on any atom is -0.380 e. The molecule has 3 N–H and O–H groups in total. The number of halogens is 1. The number of nitrogens with one attached hydrogen (secondary N) is 1. The molecule has 1 saturated carbocycles. The lowest BCUT2D eigenvalue weighted by Gasteiger charge is -2.33. The van der Waals surface area contributed by atoms with Crippen LogP contribution in [0.1, 0.15) is 83.2 Å². The zero-order valence-corrected chi connectivity index (χ0v) is 23.6. The van der Waals surface area contributed by atoms with Crippen LogP contribution in [-0.4, -0.2) is 69.2 Å². The molecule has 2 amide bonds. The van der Waals surface area contributed by atoms with E-state index in [1.165, 1.54) is 37.0 Å². The summed E-state index contributed by atoms with van der Waals surface area (Å²) in [6.07, 6.45) is 10.2. The van der Waals surface area contributed by atoms with E-state index < -0.39 is 30.1 Å². The third kappa shape index (κ3) is 8.08. The molecule has 1 aliphatic heterocycles. The number of rotatable bonds is 12. The highest BCUT2D eigenvalue weighted by molar-refractivity contribution is 6.30. The van der Waals surface area contributed by atoms with E-state index in [1.807, 2.05) is 18.2 Å². The molecule has 3 rings (SSSR count). The number of aliphatic hydroxyl groups excluding tert-OH is 2. The summed E-state index contributed by atoms with van der Waals surface area (Å²) >= 11 is 6.12. The molecule has 0 aromatic heterocycles. The Balaban J connectivity index is 1.56. The van der Waals surface area contributed by atoms with Gasteiger partial charge in [0, 0.05) is 24.2 Å². The summed E-state index contributed by atoms with van der Waals surface area (Å²) in [4.78, 5) is 29.7. The van der Waals surface area contributed by atoms with Gasteiger partial charge in [-0.1, -0.05) is 62.9 Å². The fraction of sp³-hybridized carbons (Fsp3) is 0.600. The van der Waals surface area contributed by atoms with E-state index in [0.717, 1.165) is 37.8 Å². The number of carbonyl (C=O) groups excluding carboxylic acids is 2. The number of unbranched alkanes of at least 4 members (excludes halogenated alkanes) is 1. The van der Waals surface area contributed by atoms with Crippen LogP contribution in [0.5, 0.6) is 0 Å².